The number of hydrogen-bond acceptors (Lipinski definition) is 6. The molecule has 0 aromatic carbocycles. The van der Waals surface area contributed by atoms with Gasteiger partial charge in [0.15, 0.2) is 0 Å². The minimum absolute atomic E-state index is 0.114. The Kier molecular flexibility index (Phi) is 6.80. The van der Waals surface area contributed by atoms with E-state index in [-0.39, 0.29) is 11.3 Å². The second-order valence-corrected chi connectivity index (χ2v) is 4.44. The summed E-state index contributed by atoms with van der Waals surface area (Å²) in [5.41, 5.74) is 0. The molecule has 0 saturated carbocycles. The molecule has 0 spiro atoms. The Bertz CT molecular complexity index is 386. The molecule has 1 N–H and O–H groups in total. The van der Waals surface area contributed by atoms with Crippen LogP contribution in [0, 0.1) is 0 Å². The third kappa shape index (κ3) is 5.16. The molecule has 19 heavy (non-hydrogen) atoms. The van der Waals surface area contributed by atoms with Gasteiger partial charge in [-0.3, -0.25) is 0 Å². The number of halogens is 1. The van der Waals surface area contributed by atoms with Crippen LogP contribution >= 0.6 is 11.6 Å². The van der Waals surface area contributed by atoms with Crippen LogP contribution in [0.3, 0.4) is 0 Å². The SMILES string of the molecule is CCOCC(C)Nc1nc(Cl)nc(N(CC)CC)n1. The van der Waals surface area contributed by atoms with Gasteiger partial charge in [0.05, 0.1) is 6.61 Å². The second kappa shape index (κ2) is 8.12. The maximum absolute atomic E-state index is 5.94. The Labute approximate surface area is 119 Å². The molecule has 0 aliphatic rings. The van der Waals surface area contributed by atoms with Crippen molar-refractivity contribution in [1.82, 2.24) is 15.0 Å². The molecular weight excluding hydrogens is 266 g/mol. The van der Waals surface area contributed by atoms with E-state index in [0.717, 1.165) is 13.1 Å². The van der Waals surface area contributed by atoms with E-state index >= 15 is 0 Å². The third-order valence-corrected chi connectivity index (χ3v) is 2.76. The lowest BCUT2D eigenvalue weighted by atomic mass is 10.4. The van der Waals surface area contributed by atoms with Gasteiger partial charge in [0.25, 0.3) is 0 Å². The molecule has 7 heteroatoms. The van der Waals surface area contributed by atoms with Crippen LogP contribution in [0.1, 0.15) is 27.7 Å². The summed E-state index contributed by atoms with van der Waals surface area (Å²) in [4.78, 5) is 14.6. The normalized spacial score (nSPS) is 12.3. The van der Waals surface area contributed by atoms with E-state index in [1.165, 1.54) is 0 Å². The Morgan fingerprint density at radius 1 is 1.21 bits per heavy atom. The van der Waals surface area contributed by atoms with Crippen LogP contribution in [0.2, 0.25) is 5.28 Å². The number of nitrogens with one attached hydrogen (secondary N) is 1. The first-order chi connectivity index (χ1) is 9.10. The van der Waals surface area contributed by atoms with Gasteiger partial charge in [-0.1, -0.05) is 0 Å². The first kappa shape index (κ1) is 15.9. The van der Waals surface area contributed by atoms with Crippen molar-refractivity contribution in [2.75, 3.05) is 36.5 Å². The lowest BCUT2D eigenvalue weighted by molar-refractivity contribution is 0.141. The van der Waals surface area contributed by atoms with Gasteiger partial charge in [0, 0.05) is 25.7 Å². The molecule has 108 valence electrons. The molecule has 1 aromatic rings. The Balaban J connectivity index is 2.78. The fourth-order valence-electron chi connectivity index (χ4n) is 1.61. The molecule has 1 aromatic heterocycles. The van der Waals surface area contributed by atoms with E-state index in [9.17, 15) is 0 Å². The minimum Gasteiger partial charge on any atom is -0.380 e. The van der Waals surface area contributed by atoms with E-state index in [1.807, 2.05) is 32.6 Å². The van der Waals surface area contributed by atoms with Crippen LogP contribution in [0.5, 0.6) is 0 Å². The molecule has 1 rings (SSSR count). The number of anilines is 2. The smallest absolute Gasteiger partial charge is 0.231 e. The molecule has 1 heterocycles. The second-order valence-electron chi connectivity index (χ2n) is 4.11. The Morgan fingerprint density at radius 3 is 2.47 bits per heavy atom. The number of rotatable bonds is 8. The number of nitrogens with zero attached hydrogens (tertiary/aromatic N) is 4. The minimum atomic E-state index is 0.114. The van der Waals surface area contributed by atoms with Gasteiger partial charge in [0.2, 0.25) is 17.2 Å². The first-order valence-corrected chi connectivity index (χ1v) is 6.99. The lowest BCUT2D eigenvalue weighted by Crippen LogP contribution is -2.27. The standard InChI is InChI=1S/C12H22ClN5O/c1-5-18(6-2)12-16-10(13)15-11(17-12)14-9(4)8-19-7-3/h9H,5-8H2,1-4H3,(H,14,15,16,17). The predicted octanol–water partition coefficient (Wildman–Crippen LogP) is 2.21. The average molecular weight is 288 g/mol. The fourth-order valence-corrected chi connectivity index (χ4v) is 1.76. The molecule has 0 bridgehead atoms. The highest BCUT2D eigenvalue weighted by Crippen LogP contribution is 2.14. The van der Waals surface area contributed by atoms with Crippen molar-refractivity contribution in [2.45, 2.75) is 33.7 Å². The Morgan fingerprint density at radius 2 is 1.89 bits per heavy atom. The highest BCUT2D eigenvalue weighted by atomic mass is 35.5. The van der Waals surface area contributed by atoms with Gasteiger partial charge < -0.3 is 15.0 Å². The molecule has 0 aliphatic heterocycles. The summed E-state index contributed by atoms with van der Waals surface area (Å²) in [5.74, 6) is 1.07. The molecule has 1 atom stereocenters. The molecule has 1 unspecified atom stereocenters. The molecule has 0 saturated heterocycles. The lowest BCUT2D eigenvalue weighted by Gasteiger charge is -2.20. The number of hydrogen-bond donors (Lipinski definition) is 1. The van der Waals surface area contributed by atoms with Gasteiger partial charge in [0.1, 0.15) is 0 Å². The number of aromatic nitrogens is 3. The van der Waals surface area contributed by atoms with Gasteiger partial charge in [-0.25, -0.2) is 0 Å². The summed E-state index contributed by atoms with van der Waals surface area (Å²) < 4.78 is 5.34. The van der Waals surface area contributed by atoms with E-state index in [1.54, 1.807) is 0 Å². The van der Waals surface area contributed by atoms with Crippen LogP contribution in [0.15, 0.2) is 0 Å². The largest absolute Gasteiger partial charge is 0.380 e. The highest BCUT2D eigenvalue weighted by molar-refractivity contribution is 6.28. The molecule has 0 fully saturated rings. The zero-order valence-corrected chi connectivity index (χ0v) is 12.7. The highest BCUT2D eigenvalue weighted by Gasteiger charge is 2.11. The molecule has 0 amide bonds. The summed E-state index contributed by atoms with van der Waals surface area (Å²) in [6, 6.07) is 0.114. The van der Waals surface area contributed by atoms with E-state index < -0.39 is 0 Å². The van der Waals surface area contributed by atoms with Crippen LogP contribution < -0.4 is 10.2 Å². The van der Waals surface area contributed by atoms with Crippen molar-refractivity contribution < 1.29 is 4.74 Å². The monoisotopic (exact) mass is 287 g/mol. The van der Waals surface area contributed by atoms with Gasteiger partial charge in [-0.15, -0.1) is 0 Å². The molecule has 0 aliphatic carbocycles. The van der Waals surface area contributed by atoms with Crippen molar-refractivity contribution in [1.29, 1.82) is 0 Å². The maximum atomic E-state index is 5.94. The number of ether oxygens (including phenoxy) is 1. The van der Waals surface area contributed by atoms with Crippen molar-refractivity contribution in [3.05, 3.63) is 5.28 Å². The van der Waals surface area contributed by atoms with Crippen LogP contribution in [0.25, 0.3) is 0 Å². The molecular formula is C12H22ClN5O. The molecule has 6 nitrogen and oxygen atoms in total. The van der Waals surface area contributed by atoms with Crippen LogP contribution in [0.4, 0.5) is 11.9 Å². The molecule has 0 radical (unpaired) electrons. The Hall–Kier alpha value is -1.14. The summed E-state index contributed by atoms with van der Waals surface area (Å²) >= 11 is 5.94. The van der Waals surface area contributed by atoms with E-state index in [2.05, 4.69) is 20.3 Å². The summed E-state index contributed by atoms with van der Waals surface area (Å²) in [6.45, 7) is 11.0. The van der Waals surface area contributed by atoms with Crippen LogP contribution in [-0.2, 0) is 4.74 Å². The van der Waals surface area contributed by atoms with Crippen molar-refractivity contribution in [3.8, 4) is 0 Å². The van der Waals surface area contributed by atoms with Gasteiger partial charge >= 0.3 is 0 Å². The summed E-state index contributed by atoms with van der Waals surface area (Å²) in [5, 5.41) is 3.36. The zero-order chi connectivity index (χ0) is 14.3. The van der Waals surface area contributed by atoms with E-state index in [0.29, 0.717) is 25.1 Å². The van der Waals surface area contributed by atoms with E-state index in [4.69, 9.17) is 16.3 Å². The van der Waals surface area contributed by atoms with Gasteiger partial charge in [-0.05, 0) is 39.3 Å². The van der Waals surface area contributed by atoms with Crippen molar-refractivity contribution in [3.63, 3.8) is 0 Å². The maximum Gasteiger partial charge on any atom is 0.231 e. The quantitative estimate of drug-likeness (QED) is 0.791. The summed E-state index contributed by atoms with van der Waals surface area (Å²) in [7, 11) is 0. The van der Waals surface area contributed by atoms with Crippen LogP contribution in [-0.4, -0.2) is 47.3 Å². The fraction of sp³-hybridized carbons (Fsp3) is 0.750. The predicted molar refractivity (Wildman–Crippen MR) is 78.0 cm³/mol. The zero-order valence-electron chi connectivity index (χ0n) is 12.0. The van der Waals surface area contributed by atoms with Crippen molar-refractivity contribution >= 4 is 23.5 Å². The van der Waals surface area contributed by atoms with Crippen molar-refractivity contribution in [2.24, 2.45) is 0 Å². The first-order valence-electron chi connectivity index (χ1n) is 6.61. The van der Waals surface area contributed by atoms with Gasteiger partial charge in [-0.2, -0.15) is 15.0 Å². The third-order valence-electron chi connectivity index (χ3n) is 2.59. The summed E-state index contributed by atoms with van der Waals surface area (Å²) in [6.07, 6.45) is 0. The topological polar surface area (TPSA) is 63.2 Å². The average Bonchev–Trinajstić information content (AvgIpc) is 2.37.